The van der Waals surface area contributed by atoms with Gasteiger partial charge in [-0.3, -0.25) is 4.79 Å². The van der Waals surface area contributed by atoms with Crippen LogP contribution in [0.25, 0.3) is 0 Å². The number of nitrogens with one attached hydrogen (secondary N) is 1. The van der Waals surface area contributed by atoms with E-state index in [2.05, 4.69) is 55.6 Å². The molecule has 1 amide bonds. The quantitative estimate of drug-likeness (QED) is 0.0406. The highest BCUT2D eigenvalue weighted by atomic mass is 16.7. The lowest BCUT2D eigenvalue weighted by atomic mass is 9.99. The second-order valence-corrected chi connectivity index (χ2v) is 13.1. The van der Waals surface area contributed by atoms with Gasteiger partial charge in [-0.05, 0) is 64.2 Å². The summed E-state index contributed by atoms with van der Waals surface area (Å²) < 4.78 is 11.0. The fraction of sp³-hybridized carbons (Fsp3) is 0.769. The molecule has 0 aromatic rings. The number of unbranched alkanes of at least 4 members (excludes halogenated alkanes) is 12. The highest BCUT2D eigenvalue weighted by molar-refractivity contribution is 5.80. The van der Waals surface area contributed by atoms with Gasteiger partial charge in [0.2, 0.25) is 5.91 Å². The molecule has 7 N–H and O–H groups in total. The fourth-order valence-electron chi connectivity index (χ4n) is 5.49. The summed E-state index contributed by atoms with van der Waals surface area (Å²) in [6.07, 6.45) is 25.0. The molecule has 1 fully saturated rings. The van der Waals surface area contributed by atoms with Gasteiger partial charge in [0.25, 0.3) is 0 Å². The van der Waals surface area contributed by atoms with Gasteiger partial charge in [0.1, 0.15) is 30.5 Å². The van der Waals surface area contributed by atoms with E-state index >= 15 is 0 Å². The Morgan fingerprint density at radius 1 is 0.694 bits per heavy atom. The maximum absolute atomic E-state index is 12.9. The molecule has 0 aromatic heterocycles. The van der Waals surface area contributed by atoms with Crippen molar-refractivity contribution in [2.24, 2.45) is 0 Å². The van der Waals surface area contributed by atoms with Crippen molar-refractivity contribution in [3.05, 3.63) is 48.6 Å². The van der Waals surface area contributed by atoms with Gasteiger partial charge >= 0.3 is 0 Å². The average Bonchev–Trinajstić information content (AvgIpc) is 3.10. The summed E-state index contributed by atoms with van der Waals surface area (Å²) in [6, 6.07) is -1.01. The van der Waals surface area contributed by atoms with Gasteiger partial charge in [0, 0.05) is 0 Å². The number of ether oxygens (including phenoxy) is 2. The van der Waals surface area contributed by atoms with Crippen molar-refractivity contribution in [2.45, 2.75) is 178 Å². The number of hydrogen-bond donors (Lipinski definition) is 7. The van der Waals surface area contributed by atoms with Crippen LogP contribution in [0.3, 0.4) is 0 Å². The Bertz CT molecular complexity index is 922. The molecular formula is C39H69NO9. The lowest BCUT2D eigenvalue weighted by molar-refractivity contribution is -0.302. The SMILES string of the molecule is CCC/C=C/CC/C=C/CC/C=C/C(O)C(COC1OC(CO)C(O)C(O)C1O)NC(=O)C(O)CCCC/C=C\CCCCCCCCC. The van der Waals surface area contributed by atoms with Gasteiger partial charge in [-0.2, -0.15) is 0 Å². The van der Waals surface area contributed by atoms with Crippen molar-refractivity contribution >= 4 is 5.91 Å². The number of carbonyl (C=O) groups is 1. The van der Waals surface area contributed by atoms with Gasteiger partial charge in [0.15, 0.2) is 6.29 Å². The predicted molar refractivity (Wildman–Crippen MR) is 195 cm³/mol. The first-order valence-corrected chi connectivity index (χ1v) is 19.0. The minimum absolute atomic E-state index is 0.268. The smallest absolute Gasteiger partial charge is 0.249 e. The van der Waals surface area contributed by atoms with Crippen molar-refractivity contribution in [1.29, 1.82) is 0 Å². The van der Waals surface area contributed by atoms with Crippen molar-refractivity contribution in [1.82, 2.24) is 5.32 Å². The van der Waals surface area contributed by atoms with Crippen LogP contribution in [-0.2, 0) is 14.3 Å². The van der Waals surface area contributed by atoms with Crippen LogP contribution < -0.4 is 5.32 Å². The molecule has 284 valence electrons. The summed E-state index contributed by atoms with van der Waals surface area (Å²) in [6.45, 7) is 3.44. The summed E-state index contributed by atoms with van der Waals surface area (Å²) in [7, 11) is 0. The topological polar surface area (TPSA) is 169 Å². The number of carbonyl (C=O) groups excluding carboxylic acids is 1. The molecule has 0 aromatic carbocycles. The molecule has 10 heteroatoms. The average molecular weight is 696 g/mol. The number of allylic oxidation sites excluding steroid dienone is 7. The van der Waals surface area contributed by atoms with Gasteiger partial charge in [0.05, 0.1) is 25.4 Å². The van der Waals surface area contributed by atoms with Crippen LogP contribution in [0.2, 0.25) is 0 Å². The standard InChI is InChI=1S/C39H69NO9/c1-3-5-7-9-11-13-15-16-18-20-22-24-26-28-33(43)38(47)40-31(30-48-39-37(46)36(45)35(44)34(29-41)49-39)32(42)27-25-23-21-19-17-14-12-10-8-6-4-2/h8,10,17-20,25,27,31-37,39,41-46H,3-7,9,11-16,21-24,26,28-30H2,1-2H3,(H,40,47)/b10-8+,19-17+,20-18-,27-25+. The first-order valence-electron chi connectivity index (χ1n) is 19.0. The summed E-state index contributed by atoms with van der Waals surface area (Å²) in [5, 5.41) is 64.1. The van der Waals surface area contributed by atoms with Crippen LogP contribution in [0, 0.1) is 0 Å². The van der Waals surface area contributed by atoms with Crippen LogP contribution >= 0.6 is 0 Å². The van der Waals surface area contributed by atoms with E-state index in [9.17, 15) is 35.4 Å². The van der Waals surface area contributed by atoms with Crippen LogP contribution in [-0.4, -0.2) is 98.7 Å². The zero-order valence-electron chi connectivity index (χ0n) is 30.3. The van der Waals surface area contributed by atoms with E-state index in [1.54, 1.807) is 12.2 Å². The summed E-state index contributed by atoms with van der Waals surface area (Å²) in [5.74, 6) is -0.653. The van der Waals surface area contributed by atoms with Crippen molar-refractivity contribution in [3.63, 3.8) is 0 Å². The molecule has 0 radical (unpaired) electrons. The zero-order valence-corrected chi connectivity index (χ0v) is 30.3. The molecule has 1 saturated heterocycles. The molecule has 0 aliphatic carbocycles. The van der Waals surface area contributed by atoms with Crippen molar-refractivity contribution < 1.29 is 44.9 Å². The maximum Gasteiger partial charge on any atom is 0.249 e. The lowest BCUT2D eigenvalue weighted by Crippen LogP contribution is -2.60. The van der Waals surface area contributed by atoms with Crippen LogP contribution in [0.5, 0.6) is 0 Å². The Kier molecular flexibility index (Phi) is 27.4. The molecule has 1 aliphatic heterocycles. The Balaban J connectivity index is 2.58. The number of rotatable bonds is 29. The van der Waals surface area contributed by atoms with E-state index in [1.165, 1.54) is 44.9 Å². The summed E-state index contributed by atoms with van der Waals surface area (Å²) >= 11 is 0. The van der Waals surface area contributed by atoms with Gasteiger partial charge in [-0.15, -0.1) is 0 Å². The monoisotopic (exact) mass is 695 g/mol. The second-order valence-electron chi connectivity index (χ2n) is 13.1. The Hall–Kier alpha value is -1.89. The van der Waals surface area contributed by atoms with Crippen molar-refractivity contribution in [2.75, 3.05) is 13.2 Å². The normalized spacial score (nSPS) is 23.6. The van der Waals surface area contributed by atoms with E-state index in [0.717, 1.165) is 51.4 Å². The minimum Gasteiger partial charge on any atom is -0.394 e. The molecule has 1 aliphatic rings. The molecule has 0 spiro atoms. The lowest BCUT2D eigenvalue weighted by Gasteiger charge is -2.40. The number of aliphatic hydroxyl groups is 6. The number of amides is 1. The molecule has 10 nitrogen and oxygen atoms in total. The van der Waals surface area contributed by atoms with Crippen molar-refractivity contribution in [3.8, 4) is 0 Å². The van der Waals surface area contributed by atoms with Gasteiger partial charge < -0.3 is 45.4 Å². The van der Waals surface area contributed by atoms with E-state index in [4.69, 9.17) is 9.47 Å². The Morgan fingerprint density at radius 2 is 1.24 bits per heavy atom. The Morgan fingerprint density at radius 3 is 1.86 bits per heavy atom. The third-order valence-electron chi connectivity index (χ3n) is 8.69. The predicted octanol–water partition coefficient (Wildman–Crippen LogP) is 5.30. The first-order chi connectivity index (χ1) is 23.8. The van der Waals surface area contributed by atoms with Gasteiger partial charge in [-0.25, -0.2) is 0 Å². The minimum atomic E-state index is -1.62. The summed E-state index contributed by atoms with van der Waals surface area (Å²) in [5.41, 5.74) is 0. The molecule has 49 heavy (non-hydrogen) atoms. The third-order valence-corrected chi connectivity index (χ3v) is 8.69. The van der Waals surface area contributed by atoms with E-state index in [0.29, 0.717) is 12.8 Å². The highest BCUT2D eigenvalue weighted by Crippen LogP contribution is 2.22. The third kappa shape index (κ3) is 21.2. The maximum atomic E-state index is 12.9. The van der Waals surface area contributed by atoms with Crippen LogP contribution in [0.4, 0.5) is 0 Å². The molecule has 8 atom stereocenters. The fourth-order valence-corrected chi connectivity index (χ4v) is 5.49. The number of hydrogen-bond acceptors (Lipinski definition) is 9. The van der Waals surface area contributed by atoms with E-state index < -0.39 is 61.5 Å². The summed E-state index contributed by atoms with van der Waals surface area (Å²) in [4.78, 5) is 12.9. The number of aliphatic hydroxyl groups excluding tert-OH is 6. The molecule has 0 saturated carbocycles. The zero-order chi connectivity index (χ0) is 36.1. The van der Waals surface area contributed by atoms with Crippen LogP contribution in [0.1, 0.15) is 129 Å². The molecular weight excluding hydrogens is 626 g/mol. The second kappa shape index (κ2) is 29.8. The molecule has 8 unspecified atom stereocenters. The molecule has 1 heterocycles. The molecule has 0 bridgehead atoms. The molecule has 1 rings (SSSR count). The largest absolute Gasteiger partial charge is 0.394 e. The highest BCUT2D eigenvalue weighted by Gasteiger charge is 2.44. The van der Waals surface area contributed by atoms with E-state index in [-0.39, 0.29) is 13.0 Å². The Labute approximate surface area is 296 Å². The van der Waals surface area contributed by atoms with Crippen LogP contribution in [0.15, 0.2) is 48.6 Å². The first kappa shape index (κ1) is 45.1. The van der Waals surface area contributed by atoms with Gasteiger partial charge in [-0.1, -0.05) is 114 Å². The van der Waals surface area contributed by atoms with E-state index in [1.807, 2.05) is 0 Å².